The fourth-order valence-electron chi connectivity index (χ4n) is 5.51. The Morgan fingerprint density at radius 2 is 1.85 bits per heavy atom. The van der Waals surface area contributed by atoms with Crippen molar-refractivity contribution in [1.82, 2.24) is 19.2 Å². The summed E-state index contributed by atoms with van der Waals surface area (Å²) in [5.74, 6) is -0.121. The molecule has 3 aromatic heterocycles. The number of piperazine rings is 1. The number of carboxylic acid groups (broad SMARTS) is 1. The van der Waals surface area contributed by atoms with Crippen molar-refractivity contribution in [2.75, 3.05) is 44.2 Å². The Balaban J connectivity index is 1.54. The minimum absolute atomic E-state index is 0.253. The number of pyridine rings is 2. The van der Waals surface area contributed by atoms with Gasteiger partial charge in [-0.25, -0.2) is 9.78 Å². The van der Waals surface area contributed by atoms with Crippen LogP contribution in [0.25, 0.3) is 22.7 Å². The minimum atomic E-state index is -4.23. The highest BCUT2D eigenvalue weighted by atomic mass is 19.4. The van der Waals surface area contributed by atoms with Crippen LogP contribution in [0.5, 0.6) is 0 Å². The summed E-state index contributed by atoms with van der Waals surface area (Å²) in [7, 11) is 0. The molecule has 1 amide bonds. The molecule has 1 saturated heterocycles. The number of fused-ring (bicyclic) bond motifs is 2. The molecule has 5 rings (SSSR count). The first kappa shape index (κ1) is 28.5. The van der Waals surface area contributed by atoms with E-state index in [0.29, 0.717) is 49.5 Å². The van der Waals surface area contributed by atoms with Crippen molar-refractivity contribution in [2.45, 2.75) is 39.5 Å². The van der Waals surface area contributed by atoms with E-state index in [0.717, 1.165) is 32.8 Å². The van der Waals surface area contributed by atoms with Crippen LogP contribution in [0.1, 0.15) is 41.0 Å². The van der Waals surface area contributed by atoms with E-state index < -0.39 is 24.8 Å². The molecule has 0 saturated carbocycles. The molecule has 0 radical (unpaired) electrons. The number of aromatic nitrogens is 2. The highest BCUT2D eigenvalue weighted by molar-refractivity contribution is 5.97. The van der Waals surface area contributed by atoms with E-state index in [1.54, 1.807) is 26.1 Å². The fraction of sp³-hybridized carbons (Fsp3) is 0.414. The first-order valence-electron chi connectivity index (χ1n) is 13.5. The van der Waals surface area contributed by atoms with Gasteiger partial charge in [-0.1, -0.05) is 0 Å². The average molecular weight is 571 g/mol. The Labute approximate surface area is 235 Å². The Morgan fingerprint density at radius 1 is 1.12 bits per heavy atom. The van der Waals surface area contributed by atoms with E-state index in [4.69, 9.17) is 4.74 Å². The zero-order valence-electron chi connectivity index (χ0n) is 23.1. The average Bonchev–Trinajstić information content (AvgIpc) is 3.52. The number of amides is 1. The maximum Gasteiger partial charge on any atom is 0.401 e. The van der Waals surface area contributed by atoms with Crippen LogP contribution >= 0.6 is 0 Å². The smallest absolute Gasteiger partial charge is 0.401 e. The van der Waals surface area contributed by atoms with Gasteiger partial charge in [-0.2, -0.15) is 13.2 Å². The molecule has 0 bridgehead atoms. The minimum Gasteiger partial charge on any atom is -0.530 e. The van der Waals surface area contributed by atoms with E-state index in [1.807, 2.05) is 46.8 Å². The van der Waals surface area contributed by atoms with Crippen molar-refractivity contribution in [3.05, 3.63) is 59.2 Å². The van der Waals surface area contributed by atoms with Gasteiger partial charge in [-0.15, -0.1) is 0 Å². The number of halogens is 3. The molecule has 0 aromatic carbocycles. The maximum atomic E-state index is 13.2. The second-order valence-electron chi connectivity index (χ2n) is 10.6. The molecule has 9 nitrogen and oxygen atoms in total. The molecule has 2 aliphatic rings. The zero-order valence-corrected chi connectivity index (χ0v) is 23.1. The lowest BCUT2D eigenvalue weighted by molar-refractivity contribution is -0.246. The largest absolute Gasteiger partial charge is 0.530 e. The summed E-state index contributed by atoms with van der Waals surface area (Å²) in [6.45, 7) is 6.19. The number of ether oxygens (including phenoxy) is 1. The number of alkyl halides is 3. The van der Waals surface area contributed by atoms with Gasteiger partial charge >= 0.3 is 12.1 Å². The number of carbonyl (C=O) groups excluding carboxylic acids is 2. The van der Waals surface area contributed by atoms with Gasteiger partial charge in [0.05, 0.1) is 29.4 Å². The summed E-state index contributed by atoms with van der Waals surface area (Å²) in [4.78, 5) is 33.5. The summed E-state index contributed by atoms with van der Waals surface area (Å²) >= 11 is 0. The molecular weight excluding hydrogens is 539 g/mol. The molecule has 0 N–H and O–H groups in total. The SMILES string of the molecule is Cc1c(C(=O)OC(C)C)cc2c(-c3ccnc4c3CCN4C(=O)[O-])ccn2c1C=CN1CCN(CC(F)(F)F)CC1. The molecule has 12 heteroatoms. The molecule has 2 aliphatic heterocycles. The number of carbonyl (C=O) groups is 2. The third-order valence-electron chi connectivity index (χ3n) is 7.45. The summed E-state index contributed by atoms with van der Waals surface area (Å²) in [6, 6.07) is 5.52. The quantitative estimate of drug-likeness (QED) is 0.417. The summed E-state index contributed by atoms with van der Waals surface area (Å²) < 4.78 is 45.9. The van der Waals surface area contributed by atoms with Crippen LogP contribution in [0.15, 0.2) is 36.8 Å². The van der Waals surface area contributed by atoms with E-state index in [1.165, 1.54) is 4.90 Å². The lowest BCUT2D eigenvalue weighted by atomic mass is 9.99. The molecule has 41 heavy (non-hydrogen) atoms. The van der Waals surface area contributed by atoms with Crippen molar-refractivity contribution in [3.8, 4) is 11.1 Å². The Hall–Kier alpha value is -4.06. The van der Waals surface area contributed by atoms with Crippen LogP contribution in [-0.4, -0.2) is 82.8 Å². The van der Waals surface area contributed by atoms with Crippen LogP contribution < -0.4 is 10.0 Å². The van der Waals surface area contributed by atoms with Crippen LogP contribution in [0, 0.1) is 6.92 Å². The van der Waals surface area contributed by atoms with Crippen LogP contribution in [0.2, 0.25) is 0 Å². The summed E-state index contributed by atoms with van der Waals surface area (Å²) in [5, 5.41) is 11.6. The number of nitrogens with zero attached hydrogens (tertiary/aromatic N) is 5. The molecule has 0 spiro atoms. The van der Waals surface area contributed by atoms with Gasteiger partial charge in [0.25, 0.3) is 0 Å². The Kier molecular flexibility index (Phi) is 7.69. The molecule has 0 unspecified atom stereocenters. The van der Waals surface area contributed by atoms with Gasteiger partial charge in [0, 0.05) is 62.4 Å². The van der Waals surface area contributed by atoms with Gasteiger partial charge in [0.1, 0.15) is 11.9 Å². The molecule has 5 heterocycles. The van der Waals surface area contributed by atoms with Gasteiger partial charge in [0.2, 0.25) is 0 Å². The van der Waals surface area contributed by atoms with Gasteiger partial charge < -0.3 is 28.8 Å². The van der Waals surface area contributed by atoms with E-state index >= 15 is 0 Å². The number of hydrogen-bond donors (Lipinski definition) is 0. The molecule has 1 fully saturated rings. The predicted octanol–water partition coefficient (Wildman–Crippen LogP) is 3.73. The molecule has 3 aromatic rings. The fourth-order valence-corrected chi connectivity index (χ4v) is 5.51. The normalized spacial score (nSPS) is 16.3. The van der Waals surface area contributed by atoms with Crippen LogP contribution in [0.4, 0.5) is 23.8 Å². The first-order chi connectivity index (χ1) is 19.4. The maximum absolute atomic E-state index is 13.2. The number of anilines is 1. The van der Waals surface area contributed by atoms with Crippen LogP contribution in [-0.2, 0) is 11.2 Å². The zero-order chi connectivity index (χ0) is 29.5. The highest BCUT2D eigenvalue weighted by Crippen LogP contribution is 2.38. The lowest BCUT2D eigenvalue weighted by Gasteiger charge is -2.34. The van der Waals surface area contributed by atoms with Gasteiger partial charge in [-0.05, 0) is 62.6 Å². The first-order valence-corrected chi connectivity index (χ1v) is 13.5. The summed E-state index contributed by atoms with van der Waals surface area (Å²) in [5.41, 5.74) is 4.93. The van der Waals surface area contributed by atoms with Crippen molar-refractivity contribution in [3.63, 3.8) is 0 Å². The predicted molar refractivity (Wildman–Crippen MR) is 145 cm³/mol. The van der Waals surface area contributed by atoms with E-state index in [2.05, 4.69) is 4.98 Å². The van der Waals surface area contributed by atoms with Crippen molar-refractivity contribution < 1.29 is 32.6 Å². The van der Waals surface area contributed by atoms with Gasteiger partial charge in [-0.3, -0.25) is 4.90 Å². The molecule has 218 valence electrons. The highest BCUT2D eigenvalue weighted by Gasteiger charge is 2.32. The van der Waals surface area contributed by atoms with Crippen LogP contribution in [0.3, 0.4) is 0 Å². The Morgan fingerprint density at radius 3 is 2.51 bits per heavy atom. The molecule has 0 aliphatic carbocycles. The molecule has 0 atom stereocenters. The Bertz CT molecular complexity index is 1510. The molecular formula is C29H31F3N5O4-. The second-order valence-corrected chi connectivity index (χ2v) is 10.6. The number of esters is 1. The number of hydrogen-bond acceptors (Lipinski definition) is 7. The number of rotatable bonds is 6. The van der Waals surface area contributed by atoms with Crippen molar-refractivity contribution >= 4 is 29.5 Å². The standard InChI is InChI=1S/C29H32F3N5O4/c1-18(2)41-27(38)23-16-25-21(20-4-8-33-26-22(20)6-11-37(26)28(39)40)5-10-36(25)24(19(23)3)7-9-34-12-14-35(15-13-34)17-29(30,31)32/h4-5,7-10,16,18H,6,11-15,17H2,1-3H3,(H,39,40)/p-1. The topological polar surface area (TPSA) is 93.4 Å². The summed E-state index contributed by atoms with van der Waals surface area (Å²) in [6.07, 6.45) is 1.78. The van der Waals surface area contributed by atoms with Gasteiger partial charge in [0.15, 0.2) is 0 Å². The van der Waals surface area contributed by atoms with E-state index in [-0.39, 0.29) is 12.6 Å². The third-order valence-corrected chi connectivity index (χ3v) is 7.45. The van der Waals surface area contributed by atoms with E-state index in [9.17, 15) is 27.9 Å². The van der Waals surface area contributed by atoms with Crippen molar-refractivity contribution in [1.29, 1.82) is 0 Å². The van der Waals surface area contributed by atoms with Crippen molar-refractivity contribution in [2.24, 2.45) is 0 Å². The third kappa shape index (κ3) is 5.88. The monoisotopic (exact) mass is 570 g/mol. The lowest BCUT2D eigenvalue weighted by Crippen LogP contribution is -2.47. The second kappa shape index (κ2) is 11.1.